The Morgan fingerprint density at radius 3 is 2.58 bits per heavy atom. The van der Waals surface area contributed by atoms with Gasteiger partial charge >= 0.3 is 0 Å². The number of rotatable bonds is 8. The summed E-state index contributed by atoms with van der Waals surface area (Å²) in [6.07, 6.45) is 2.11. The largest absolute Gasteiger partial charge is 0.377 e. The summed E-state index contributed by atoms with van der Waals surface area (Å²) in [5.74, 6) is -2.63. The third-order valence-electron chi connectivity index (χ3n) is 3.97. The molecule has 6 nitrogen and oxygen atoms in total. The predicted molar refractivity (Wildman–Crippen MR) is 96.3 cm³/mol. The number of carbonyl (C=O) groups is 2. The van der Waals surface area contributed by atoms with E-state index in [1.54, 1.807) is 6.92 Å². The minimum Gasteiger partial charge on any atom is -0.377 e. The molecule has 2 amide bonds. The predicted octanol–water partition coefficient (Wildman–Crippen LogP) is 1.94. The maximum atomic E-state index is 13.5. The fourth-order valence-corrected chi connectivity index (χ4v) is 2.60. The Balaban J connectivity index is 0.00000338. The van der Waals surface area contributed by atoms with Gasteiger partial charge in [-0.3, -0.25) is 9.59 Å². The number of benzene rings is 1. The molecule has 0 bridgehead atoms. The lowest BCUT2D eigenvalue weighted by Crippen LogP contribution is -2.43. The first-order valence-electron chi connectivity index (χ1n) is 8.35. The summed E-state index contributed by atoms with van der Waals surface area (Å²) in [5, 5.41) is 5.19. The van der Waals surface area contributed by atoms with E-state index in [0.29, 0.717) is 13.1 Å². The van der Waals surface area contributed by atoms with Crippen LogP contribution in [0.15, 0.2) is 18.2 Å². The van der Waals surface area contributed by atoms with Gasteiger partial charge < -0.3 is 20.3 Å². The Morgan fingerprint density at radius 2 is 2.00 bits per heavy atom. The molecule has 2 rings (SSSR count). The molecule has 1 fully saturated rings. The molecule has 0 spiro atoms. The van der Waals surface area contributed by atoms with Crippen molar-refractivity contribution in [3.8, 4) is 0 Å². The van der Waals surface area contributed by atoms with Crippen LogP contribution in [0.2, 0.25) is 0 Å². The van der Waals surface area contributed by atoms with E-state index < -0.39 is 23.2 Å². The molecule has 1 unspecified atom stereocenters. The van der Waals surface area contributed by atoms with Gasteiger partial charge in [-0.2, -0.15) is 0 Å². The maximum Gasteiger partial charge on any atom is 0.244 e. The van der Waals surface area contributed by atoms with Crippen molar-refractivity contribution in [2.75, 3.05) is 38.1 Å². The van der Waals surface area contributed by atoms with Gasteiger partial charge in [-0.05, 0) is 31.9 Å². The average molecular weight is 392 g/mol. The van der Waals surface area contributed by atoms with E-state index in [2.05, 4.69) is 10.6 Å². The smallest absolute Gasteiger partial charge is 0.244 e. The molecule has 0 aliphatic carbocycles. The van der Waals surface area contributed by atoms with E-state index in [4.69, 9.17) is 4.74 Å². The molecular weight excluding hydrogens is 368 g/mol. The number of amides is 2. The summed E-state index contributed by atoms with van der Waals surface area (Å²) >= 11 is 0. The number of ether oxygens (including phenoxy) is 1. The Kier molecular flexibility index (Phi) is 9.47. The monoisotopic (exact) mass is 391 g/mol. The van der Waals surface area contributed by atoms with E-state index >= 15 is 0 Å². The first-order valence-corrected chi connectivity index (χ1v) is 8.35. The Bertz CT molecular complexity index is 593. The van der Waals surface area contributed by atoms with E-state index in [9.17, 15) is 18.4 Å². The van der Waals surface area contributed by atoms with Crippen molar-refractivity contribution >= 4 is 29.9 Å². The molecule has 1 aliphatic heterocycles. The topological polar surface area (TPSA) is 70.7 Å². The highest BCUT2D eigenvalue weighted by molar-refractivity contribution is 5.95. The molecule has 1 aromatic rings. The number of nitrogens with zero attached hydrogens (tertiary/aromatic N) is 1. The van der Waals surface area contributed by atoms with Gasteiger partial charge in [0.15, 0.2) is 0 Å². The standard InChI is InChI=1S/C17H23F2N3O3.ClH/c1-2-22(16(24)10-20-9-12-5-4-8-25-12)11-15(23)21-17-13(18)6-3-7-14(17)19;/h3,6-7,12,20H,2,4-5,8-11H2,1H3,(H,21,23);1H. The highest BCUT2D eigenvalue weighted by atomic mass is 35.5. The fraction of sp³-hybridized carbons (Fsp3) is 0.529. The van der Waals surface area contributed by atoms with Gasteiger partial charge in [-0.1, -0.05) is 6.07 Å². The fourth-order valence-electron chi connectivity index (χ4n) is 2.60. The molecule has 1 saturated heterocycles. The summed E-state index contributed by atoms with van der Waals surface area (Å²) in [5.41, 5.74) is -0.507. The second-order valence-electron chi connectivity index (χ2n) is 5.82. The third-order valence-corrected chi connectivity index (χ3v) is 3.97. The molecule has 146 valence electrons. The second kappa shape index (κ2) is 11.1. The number of hydrogen-bond acceptors (Lipinski definition) is 4. The highest BCUT2D eigenvalue weighted by Gasteiger charge is 2.19. The maximum absolute atomic E-state index is 13.5. The minimum atomic E-state index is -0.860. The van der Waals surface area contributed by atoms with Crippen LogP contribution in [-0.4, -0.2) is 55.6 Å². The van der Waals surface area contributed by atoms with Gasteiger partial charge in [-0.25, -0.2) is 8.78 Å². The first kappa shape index (κ1) is 22.3. The average Bonchev–Trinajstić information content (AvgIpc) is 3.09. The molecule has 0 aromatic heterocycles. The molecule has 1 heterocycles. The van der Waals surface area contributed by atoms with Gasteiger partial charge in [-0.15, -0.1) is 12.4 Å². The Hall–Kier alpha value is -1.77. The lowest BCUT2D eigenvalue weighted by atomic mass is 10.2. The number of hydrogen-bond donors (Lipinski definition) is 2. The van der Waals surface area contributed by atoms with Crippen LogP contribution in [0.1, 0.15) is 19.8 Å². The van der Waals surface area contributed by atoms with E-state index in [-0.39, 0.29) is 37.5 Å². The van der Waals surface area contributed by atoms with Crippen LogP contribution >= 0.6 is 12.4 Å². The van der Waals surface area contributed by atoms with E-state index in [1.165, 1.54) is 11.0 Å². The zero-order chi connectivity index (χ0) is 18.2. The van der Waals surface area contributed by atoms with Crippen LogP contribution in [0.4, 0.5) is 14.5 Å². The number of likely N-dealkylation sites (N-methyl/N-ethyl adjacent to an activating group) is 1. The van der Waals surface area contributed by atoms with Gasteiger partial charge in [0.2, 0.25) is 11.8 Å². The quantitative estimate of drug-likeness (QED) is 0.710. The van der Waals surface area contributed by atoms with Crippen molar-refractivity contribution in [3.05, 3.63) is 29.8 Å². The van der Waals surface area contributed by atoms with Gasteiger partial charge in [0, 0.05) is 19.7 Å². The van der Waals surface area contributed by atoms with Crippen molar-refractivity contribution in [2.24, 2.45) is 0 Å². The summed E-state index contributed by atoms with van der Waals surface area (Å²) in [4.78, 5) is 25.5. The van der Waals surface area contributed by atoms with Crippen LogP contribution in [0.25, 0.3) is 0 Å². The molecular formula is C17H24ClF2N3O3. The molecule has 0 radical (unpaired) electrons. The number of carbonyl (C=O) groups excluding carboxylic acids is 2. The SMILES string of the molecule is CCN(CC(=O)Nc1c(F)cccc1F)C(=O)CNCC1CCCO1.Cl. The van der Waals surface area contributed by atoms with Crippen LogP contribution < -0.4 is 10.6 Å². The summed E-state index contributed by atoms with van der Waals surface area (Å²) in [6.45, 7) is 3.17. The lowest BCUT2D eigenvalue weighted by Gasteiger charge is -2.21. The van der Waals surface area contributed by atoms with E-state index in [0.717, 1.165) is 31.6 Å². The number of para-hydroxylation sites is 1. The summed E-state index contributed by atoms with van der Waals surface area (Å²) in [6, 6.07) is 3.31. The highest BCUT2D eigenvalue weighted by Crippen LogP contribution is 2.17. The first-order chi connectivity index (χ1) is 12.0. The normalized spacial score (nSPS) is 16.0. The number of nitrogens with one attached hydrogen (secondary N) is 2. The summed E-state index contributed by atoms with van der Waals surface area (Å²) < 4.78 is 32.5. The van der Waals surface area contributed by atoms with Crippen molar-refractivity contribution in [2.45, 2.75) is 25.9 Å². The van der Waals surface area contributed by atoms with Crippen molar-refractivity contribution in [1.82, 2.24) is 10.2 Å². The van der Waals surface area contributed by atoms with Crippen LogP contribution in [-0.2, 0) is 14.3 Å². The van der Waals surface area contributed by atoms with E-state index in [1.807, 2.05) is 0 Å². The Morgan fingerprint density at radius 1 is 1.31 bits per heavy atom. The van der Waals surface area contributed by atoms with Gasteiger partial charge in [0.25, 0.3) is 0 Å². The third kappa shape index (κ3) is 6.51. The van der Waals surface area contributed by atoms with Gasteiger partial charge in [0.05, 0.1) is 19.2 Å². The van der Waals surface area contributed by atoms with Crippen molar-refractivity contribution < 1.29 is 23.1 Å². The molecule has 1 atom stereocenters. The number of halogens is 3. The zero-order valence-corrected chi connectivity index (χ0v) is 15.4. The van der Waals surface area contributed by atoms with Gasteiger partial charge in [0.1, 0.15) is 17.3 Å². The Labute approximate surface area is 157 Å². The van der Waals surface area contributed by atoms with Crippen LogP contribution in [0.5, 0.6) is 0 Å². The van der Waals surface area contributed by atoms with Crippen molar-refractivity contribution in [1.29, 1.82) is 0 Å². The van der Waals surface area contributed by atoms with Crippen molar-refractivity contribution in [3.63, 3.8) is 0 Å². The second-order valence-corrected chi connectivity index (χ2v) is 5.82. The van der Waals surface area contributed by atoms with Crippen LogP contribution in [0.3, 0.4) is 0 Å². The summed E-state index contributed by atoms with van der Waals surface area (Å²) in [7, 11) is 0. The van der Waals surface area contributed by atoms with Crippen LogP contribution in [0, 0.1) is 11.6 Å². The molecule has 26 heavy (non-hydrogen) atoms. The molecule has 1 aromatic carbocycles. The molecule has 9 heteroatoms. The minimum absolute atomic E-state index is 0. The molecule has 0 saturated carbocycles. The number of anilines is 1. The molecule has 1 aliphatic rings. The molecule has 2 N–H and O–H groups in total. The lowest BCUT2D eigenvalue weighted by molar-refractivity contribution is -0.133. The zero-order valence-electron chi connectivity index (χ0n) is 14.6.